The van der Waals surface area contributed by atoms with Crippen molar-refractivity contribution in [3.8, 4) is 11.3 Å². The number of aromatic nitrogens is 2. The molecule has 3 aromatic rings. The summed E-state index contributed by atoms with van der Waals surface area (Å²) in [5.74, 6) is -0.386. The zero-order chi connectivity index (χ0) is 24.5. The summed E-state index contributed by atoms with van der Waals surface area (Å²) in [7, 11) is 0. The average molecular weight is 470 g/mol. The fourth-order valence-electron chi connectivity index (χ4n) is 4.78. The lowest BCUT2D eigenvalue weighted by Crippen LogP contribution is -2.57. The molecule has 0 aliphatic carbocycles. The molecule has 0 N–H and O–H groups in total. The van der Waals surface area contributed by atoms with Crippen LogP contribution in [0.15, 0.2) is 67.0 Å². The van der Waals surface area contributed by atoms with E-state index in [-0.39, 0.29) is 11.8 Å². The van der Waals surface area contributed by atoms with E-state index in [1.165, 1.54) is 0 Å². The molecule has 1 atom stereocenters. The van der Waals surface area contributed by atoms with Gasteiger partial charge in [0, 0.05) is 37.8 Å². The molecule has 2 aliphatic rings. The zero-order valence-corrected chi connectivity index (χ0v) is 19.8. The van der Waals surface area contributed by atoms with E-state index >= 15 is 0 Å². The number of benzene rings is 2. The standard InChI is InChI=1S/C27H27N5O3/c1-18(2)24(32-25(33)20-10-6-7-11-21(20)26(32)34)27(35)31-14-12-30(13-15-31)23-16-22(28-17-29-23)19-8-4-3-5-9-19/h3-11,16-18,24H,12-15H2,1-2H3. The quantitative estimate of drug-likeness (QED) is 0.534. The molecule has 2 aromatic carbocycles. The van der Waals surface area contributed by atoms with Crippen molar-refractivity contribution in [2.24, 2.45) is 5.92 Å². The van der Waals surface area contributed by atoms with Crippen LogP contribution in [0.5, 0.6) is 0 Å². The SMILES string of the molecule is CC(C)C(C(=O)N1CCN(c2cc(-c3ccccc3)ncn2)CC1)N1C(=O)c2ccccc2C1=O. The molecule has 1 unspecified atom stereocenters. The lowest BCUT2D eigenvalue weighted by molar-refractivity contribution is -0.137. The minimum Gasteiger partial charge on any atom is -0.353 e. The van der Waals surface area contributed by atoms with Gasteiger partial charge in [-0.1, -0.05) is 56.3 Å². The van der Waals surface area contributed by atoms with Gasteiger partial charge < -0.3 is 9.80 Å². The topological polar surface area (TPSA) is 86.7 Å². The van der Waals surface area contributed by atoms with Crippen LogP contribution in [-0.2, 0) is 4.79 Å². The molecule has 35 heavy (non-hydrogen) atoms. The molecule has 0 saturated carbocycles. The van der Waals surface area contributed by atoms with Crippen molar-refractivity contribution in [2.75, 3.05) is 31.1 Å². The van der Waals surface area contributed by atoms with Crippen LogP contribution in [0, 0.1) is 5.92 Å². The fraction of sp³-hybridized carbons (Fsp3) is 0.296. The van der Waals surface area contributed by atoms with Gasteiger partial charge in [-0.25, -0.2) is 9.97 Å². The molecule has 0 spiro atoms. The van der Waals surface area contributed by atoms with Crippen molar-refractivity contribution in [3.63, 3.8) is 0 Å². The maximum atomic E-state index is 13.6. The number of hydrogen-bond donors (Lipinski definition) is 0. The molecule has 0 bridgehead atoms. The summed E-state index contributed by atoms with van der Waals surface area (Å²) < 4.78 is 0. The number of anilines is 1. The Morgan fingerprint density at radius 2 is 1.43 bits per heavy atom. The molecular weight excluding hydrogens is 442 g/mol. The van der Waals surface area contributed by atoms with Gasteiger partial charge in [-0.05, 0) is 18.1 Å². The second-order valence-corrected chi connectivity index (χ2v) is 9.15. The van der Waals surface area contributed by atoms with E-state index in [0.29, 0.717) is 37.3 Å². The maximum absolute atomic E-state index is 13.6. The Morgan fingerprint density at radius 1 is 0.829 bits per heavy atom. The first-order valence-corrected chi connectivity index (χ1v) is 11.8. The first-order valence-electron chi connectivity index (χ1n) is 11.8. The lowest BCUT2D eigenvalue weighted by atomic mass is 10.0. The van der Waals surface area contributed by atoms with Crippen molar-refractivity contribution in [2.45, 2.75) is 19.9 Å². The van der Waals surface area contributed by atoms with Gasteiger partial charge in [0.1, 0.15) is 18.2 Å². The van der Waals surface area contributed by atoms with Gasteiger partial charge in [0.15, 0.2) is 0 Å². The predicted molar refractivity (Wildman–Crippen MR) is 132 cm³/mol. The third-order valence-electron chi connectivity index (χ3n) is 6.63. The monoisotopic (exact) mass is 469 g/mol. The summed E-state index contributed by atoms with van der Waals surface area (Å²) in [6, 6.07) is 17.8. The minimum atomic E-state index is -0.835. The first kappa shape index (κ1) is 22.7. The van der Waals surface area contributed by atoms with E-state index < -0.39 is 17.9 Å². The molecule has 1 fully saturated rings. The lowest BCUT2D eigenvalue weighted by Gasteiger charge is -2.39. The molecule has 8 heteroatoms. The van der Waals surface area contributed by atoms with Crippen molar-refractivity contribution in [1.82, 2.24) is 19.8 Å². The Bertz CT molecular complexity index is 1230. The van der Waals surface area contributed by atoms with E-state index in [9.17, 15) is 14.4 Å². The molecule has 1 aromatic heterocycles. The number of imide groups is 1. The number of rotatable bonds is 5. The highest BCUT2D eigenvalue weighted by Crippen LogP contribution is 2.29. The number of amides is 3. The number of fused-ring (bicyclic) bond motifs is 1. The number of carbonyl (C=O) groups is 3. The highest BCUT2D eigenvalue weighted by atomic mass is 16.2. The summed E-state index contributed by atoms with van der Waals surface area (Å²) >= 11 is 0. The fourth-order valence-corrected chi connectivity index (χ4v) is 4.78. The van der Waals surface area contributed by atoms with Crippen molar-refractivity contribution >= 4 is 23.5 Å². The highest BCUT2D eigenvalue weighted by Gasteiger charge is 2.45. The molecule has 178 valence electrons. The summed E-state index contributed by atoms with van der Waals surface area (Å²) in [6.45, 7) is 5.91. The third kappa shape index (κ3) is 4.16. The maximum Gasteiger partial charge on any atom is 0.262 e. The predicted octanol–water partition coefficient (Wildman–Crippen LogP) is 3.11. The Hall–Kier alpha value is -4.07. The Kier molecular flexibility index (Phi) is 6.03. The molecule has 1 saturated heterocycles. The van der Waals surface area contributed by atoms with Gasteiger partial charge >= 0.3 is 0 Å². The van der Waals surface area contributed by atoms with Gasteiger partial charge in [0.2, 0.25) is 5.91 Å². The van der Waals surface area contributed by atoms with Crippen LogP contribution >= 0.6 is 0 Å². The number of carbonyl (C=O) groups excluding carboxylic acids is 3. The van der Waals surface area contributed by atoms with Crippen LogP contribution < -0.4 is 4.90 Å². The minimum absolute atomic E-state index is 0.193. The Morgan fingerprint density at radius 3 is 2.03 bits per heavy atom. The van der Waals surface area contributed by atoms with Gasteiger partial charge in [0.05, 0.1) is 16.8 Å². The molecule has 2 aliphatic heterocycles. The van der Waals surface area contributed by atoms with Crippen LogP contribution in [0.25, 0.3) is 11.3 Å². The van der Waals surface area contributed by atoms with Gasteiger partial charge in [-0.3, -0.25) is 19.3 Å². The van der Waals surface area contributed by atoms with Crippen LogP contribution in [0.3, 0.4) is 0 Å². The van der Waals surface area contributed by atoms with E-state index in [2.05, 4.69) is 14.9 Å². The highest BCUT2D eigenvalue weighted by molar-refractivity contribution is 6.22. The molecule has 3 heterocycles. The van der Waals surface area contributed by atoms with Crippen LogP contribution in [0.2, 0.25) is 0 Å². The normalized spacial score (nSPS) is 16.6. The smallest absolute Gasteiger partial charge is 0.262 e. The summed E-state index contributed by atoms with van der Waals surface area (Å²) in [5.41, 5.74) is 2.59. The van der Waals surface area contributed by atoms with E-state index in [1.54, 1.807) is 35.5 Å². The Balaban J connectivity index is 1.30. The molecule has 0 radical (unpaired) electrons. The van der Waals surface area contributed by atoms with Crippen molar-refractivity contribution in [1.29, 1.82) is 0 Å². The molecule has 5 rings (SSSR count). The second-order valence-electron chi connectivity index (χ2n) is 9.15. The third-order valence-corrected chi connectivity index (χ3v) is 6.63. The Labute approximate surface area is 204 Å². The first-order chi connectivity index (χ1) is 17.0. The van der Waals surface area contributed by atoms with Gasteiger partial charge in [0.25, 0.3) is 11.8 Å². The van der Waals surface area contributed by atoms with Gasteiger partial charge in [-0.15, -0.1) is 0 Å². The molecular formula is C27H27N5O3. The second kappa shape index (κ2) is 9.29. The van der Waals surface area contributed by atoms with E-state index in [1.807, 2.05) is 50.2 Å². The molecule has 3 amide bonds. The van der Waals surface area contributed by atoms with Crippen molar-refractivity contribution in [3.05, 3.63) is 78.1 Å². The number of piperazine rings is 1. The van der Waals surface area contributed by atoms with E-state index in [0.717, 1.165) is 22.0 Å². The van der Waals surface area contributed by atoms with Crippen LogP contribution in [-0.4, -0.2) is 69.7 Å². The number of nitrogens with zero attached hydrogens (tertiary/aromatic N) is 5. The van der Waals surface area contributed by atoms with Crippen molar-refractivity contribution < 1.29 is 14.4 Å². The van der Waals surface area contributed by atoms with E-state index in [4.69, 9.17) is 0 Å². The summed E-state index contributed by atoms with van der Waals surface area (Å²) in [4.78, 5) is 53.5. The van der Waals surface area contributed by atoms with Gasteiger partial charge in [-0.2, -0.15) is 0 Å². The summed E-state index contributed by atoms with van der Waals surface area (Å²) in [5, 5.41) is 0. The molecule has 8 nitrogen and oxygen atoms in total. The van der Waals surface area contributed by atoms with Crippen LogP contribution in [0.4, 0.5) is 5.82 Å². The van der Waals surface area contributed by atoms with Crippen LogP contribution in [0.1, 0.15) is 34.6 Å². The summed E-state index contributed by atoms with van der Waals surface area (Å²) in [6.07, 6.45) is 1.56. The largest absolute Gasteiger partial charge is 0.353 e. The zero-order valence-electron chi connectivity index (χ0n) is 19.8. The average Bonchev–Trinajstić information content (AvgIpc) is 3.15. The number of hydrogen-bond acceptors (Lipinski definition) is 6.